The van der Waals surface area contributed by atoms with Crippen molar-refractivity contribution in [1.29, 1.82) is 0 Å². The van der Waals surface area contributed by atoms with Gasteiger partial charge in [-0.1, -0.05) is 283 Å². The van der Waals surface area contributed by atoms with Crippen LogP contribution in [0.4, 0.5) is 17.1 Å². The molecule has 0 aliphatic carbocycles. The molecule has 0 N–H and O–H groups in total. The van der Waals surface area contributed by atoms with Crippen molar-refractivity contribution in [3.63, 3.8) is 0 Å². The highest BCUT2D eigenvalue weighted by atomic mass is 79.9. The number of halogens is 1. The van der Waals surface area contributed by atoms with Crippen molar-refractivity contribution < 1.29 is 9.47 Å². The summed E-state index contributed by atoms with van der Waals surface area (Å²) in [6, 6.07) is 114. The molecule has 12 aromatic carbocycles. The highest BCUT2D eigenvalue weighted by Gasteiger charge is 2.15. The van der Waals surface area contributed by atoms with Crippen LogP contribution in [0.5, 0.6) is 11.5 Å². The molecule has 0 aliphatic heterocycles. The van der Waals surface area contributed by atoms with Gasteiger partial charge in [0.1, 0.15) is 24.7 Å². The Hall–Kier alpha value is -9.48. The summed E-state index contributed by atoms with van der Waals surface area (Å²) in [5.74, 6) is 1.72. The first-order valence-corrected chi connectivity index (χ1v) is 27.4. The number of rotatable bonds is 15. The Labute approximate surface area is 474 Å². The average Bonchev–Trinajstić information content (AvgIpc) is 3.54. The fourth-order valence-corrected chi connectivity index (χ4v) is 9.57. The molecule has 384 valence electrons. The molecule has 0 radical (unpaired) electrons. The normalized spacial score (nSPS) is 10.5. The number of ether oxygens (including phenoxy) is 2. The molecule has 0 spiro atoms. The third-order valence-electron chi connectivity index (χ3n) is 13.4. The van der Waals surface area contributed by atoms with E-state index in [0.717, 1.165) is 45.0 Å². The van der Waals surface area contributed by atoms with E-state index >= 15 is 0 Å². The van der Waals surface area contributed by atoms with Gasteiger partial charge in [-0.15, -0.1) is 0 Å². The zero-order chi connectivity index (χ0) is 53.7. The SMILES string of the molecule is Brc1cccc(OCc2ccccc2)c1.c1ccc(-c2ccc(Cc3ccc(-c4ccccc4)cc3)cc2)cc1.c1ccc(COc2cccc(N(c3ccc(-c4ccccc4)cc3)c3ccc(-c4ccccc4)cc3)c2)cc1. The first-order valence-electron chi connectivity index (χ1n) is 26.7. The van der Waals surface area contributed by atoms with E-state index in [1.807, 2.05) is 78.9 Å². The Morgan fingerprint density at radius 2 is 0.544 bits per heavy atom. The molecule has 0 amide bonds. The zero-order valence-corrected chi connectivity index (χ0v) is 45.5. The summed E-state index contributed by atoms with van der Waals surface area (Å²) < 4.78 is 12.9. The third kappa shape index (κ3) is 15.4. The highest BCUT2D eigenvalue weighted by molar-refractivity contribution is 9.10. The van der Waals surface area contributed by atoms with Crippen LogP contribution in [0.15, 0.2) is 332 Å². The summed E-state index contributed by atoms with van der Waals surface area (Å²) in [5.41, 5.74) is 18.1. The van der Waals surface area contributed by atoms with Gasteiger partial charge < -0.3 is 14.4 Å². The molecule has 0 saturated heterocycles. The van der Waals surface area contributed by atoms with Crippen molar-refractivity contribution in [2.75, 3.05) is 4.90 Å². The summed E-state index contributed by atoms with van der Waals surface area (Å²) in [6.45, 7) is 1.14. The Morgan fingerprint density at radius 3 is 0.899 bits per heavy atom. The molecule has 0 atom stereocenters. The van der Waals surface area contributed by atoms with Gasteiger partial charge in [0.25, 0.3) is 0 Å². The largest absolute Gasteiger partial charge is 0.489 e. The van der Waals surface area contributed by atoms with E-state index in [-0.39, 0.29) is 0 Å². The van der Waals surface area contributed by atoms with E-state index in [9.17, 15) is 0 Å². The molecule has 0 unspecified atom stereocenters. The average molecular weight is 1090 g/mol. The maximum Gasteiger partial charge on any atom is 0.121 e. The van der Waals surface area contributed by atoms with E-state index in [1.54, 1.807) is 0 Å². The zero-order valence-electron chi connectivity index (χ0n) is 43.9. The molecule has 12 aromatic rings. The van der Waals surface area contributed by atoms with E-state index in [2.05, 4.69) is 270 Å². The number of hydrogen-bond acceptors (Lipinski definition) is 3. The molecule has 0 heterocycles. The minimum atomic E-state index is 0.530. The number of anilines is 3. The lowest BCUT2D eigenvalue weighted by atomic mass is 9.98. The minimum Gasteiger partial charge on any atom is -0.489 e. The first-order chi connectivity index (χ1) is 39.1. The fourth-order valence-electron chi connectivity index (χ4n) is 9.19. The Bertz CT molecular complexity index is 3530. The second-order valence-corrected chi connectivity index (χ2v) is 19.9. The first kappa shape index (κ1) is 52.9. The lowest BCUT2D eigenvalue weighted by Gasteiger charge is -2.26. The van der Waals surface area contributed by atoms with Gasteiger partial charge in [0, 0.05) is 27.6 Å². The summed E-state index contributed by atoms with van der Waals surface area (Å²) >= 11 is 3.41. The van der Waals surface area contributed by atoms with Crippen LogP contribution in [0.2, 0.25) is 0 Å². The van der Waals surface area contributed by atoms with Gasteiger partial charge in [-0.05, 0) is 128 Å². The molecular weight excluding hydrogens is 1030 g/mol. The molecule has 0 bridgehead atoms. The van der Waals surface area contributed by atoms with Gasteiger partial charge in [0.05, 0.1) is 0 Å². The van der Waals surface area contributed by atoms with Gasteiger partial charge in [-0.2, -0.15) is 0 Å². The van der Waals surface area contributed by atoms with Crippen LogP contribution < -0.4 is 14.4 Å². The van der Waals surface area contributed by atoms with Crippen LogP contribution in [-0.4, -0.2) is 0 Å². The van der Waals surface area contributed by atoms with Crippen molar-refractivity contribution >= 4 is 33.0 Å². The van der Waals surface area contributed by atoms with Crippen molar-refractivity contribution in [3.8, 4) is 56.0 Å². The molecule has 4 heteroatoms. The molecule has 0 aliphatic rings. The molecule has 12 rings (SSSR count). The Kier molecular flexibility index (Phi) is 18.4. The smallest absolute Gasteiger partial charge is 0.121 e. The molecule has 3 nitrogen and oxygen atoms in total. The standard InChI is InChI=1S/C37H29NO.C25H20.C13H11BrO/c1-4-11-29(12-5-1)28-39-37-18-10-17-36(27-37)38(34-23-19-32(20-24-34)30-13-6-2-7-14-30)35-25-21-33(22-26-35)31-15-8-3-9-16-31;1-3-7-22(8-4-1)24-15-11-20(12-16-24)19-21-13-17-25(18-14-21)23-9-5-2-6-10-23;14-12-7-4-8-13(9-12)15-10-11-5-2-1-3-6-11/h1-27H,28H2;1-18H,19H2;1-9H,10H2. The highest BCUT2D eigenvalue weighted by Crippen LogP contribution is 2.38. The second kappa shape index (κ2) is 27.5. The number of benzene rings is 12. The predicted molar refractivity (Wildman–Crippen MR) is 334 cm³/mol. The van der Waals surface area contributed by atoms with Crippen LogP contribution in [0, 0.1) is 0 Å². The third-order valence-corrected chi connectivity index (χ3v) is 13.9. The lowest BCUT2D eigenvalue weighted by Crippen LogP contribution is -2.10. The molecular formula is C75H60BrNO2. The maximum absolute atomic E-state index is 6.18. The summed E-state index contributed by atoms with van der Waals surface area (Å²) in [7, 11) is 0. The predicted octanol–water partition coefficient (Wildman–Crippen LogP) is 20.7. The molecule has 0 fully saturated rings. The van der Waals surface area contributed by atoms with Crippen LogP contribution in [0.25, 0.3) is 44.5 Å². The monoisotopic (exact) mass is 1090 g/mol. The van der Waals surface area contributed by atoms with Crippen molar-refractivity contribution in [1.82, 2.24) is 0 Å². The lowest BCUT2D eigenvalue weighted by molar-refractivity contribution is 0.306. The topological polar surface area (TPSA) is 21.7 Å². The molecule has 0 aromatic heterocycles. The number of nitrogens with zero attached hydrogens (tertiary/aromatic N) is 1. The van der Waals surface area contributed by atoms with E-state index in [4.69, 9.17) is 9.47 Å². The van der Waals surface area contributed by atoms with Crippen LogP contribution >= 0.6 is 15.9 Å². The summed E-state index contributed by atoms with van der Waals surface area (Å²) in [4.78, 5) is 2.28. The van der Waals surface area contributed by atoms with Gasteiger partial charge in [0.15, 0.2) is 0 Å². The van der Waals surface area contributed by atoms with Crippen molar-refractivity contribution in [2.45, 2.75) is 19.6 Å². The van der Waals surface area contributed by atoms with Crippen LogP contribution in [0.1, 0.15) is 22.3 Å². The molecule has 0 saturated carbocycles. The van der Waals surface area contributed by atoms with Crippen LogP contribution in [0.3, 0.4) is 0 Å². The van der Waals surface area contributed by atoms with Gasteiger partial charge in [-0.3, -0.25) is 0 Å². The van der Waals surface area contributed by atoms with E-state index in [0.29, 0.717) is 13.2 Å². The Balaban J connectivity index is 0.000000149. The van der Waals surface area contributed by atoms with E-state index in [1.165, 1.54) is 61.2 Å². The van der Waals surface area contributed by atoms with Crippen molar-refractivity contribution in [3.05, 3.63) is 354 Å². The Morgan fingerprint density at radius 1 is 0.241 bits per heavy atom. The van der Waals surface area contributed by atoms with Gasteiger partial charge in [-0.25, -0.2) is 0 Å². The quantitative estimate of drug-likeness (QED) is 0.102. The second-order valence-electron chi connectivity index (χ2n) is 19.0. The summed E-state index contributed by atoms with van der Waals surface area (Å²) in [5, 5.41) is 0. The minimum absolute atomic E-state index is 0.530. The number of hydrogen-bond donors (Lipinski definition) is 0. The molecule has 79 heavy (non-hydrogen) atoms. The van der Waals surface area contributed by atoms with Gasteiger partial charge >= 0.3 is 0 Å². The van der Waals surface area contributed by atoms with Crippen LogP contribution in [-0.2, 0) is 19.6 Å². The summed E-state index contributed by atoms with van der Waals surface area (Å²) in [6.07, 6.45) is 0.962. The van der Waals surface area contributed by atoms with Gasteiger partial charge in [0.2, 0.25) is 0 Å². The maximum atomic E-state index is 6.18. The van der Waals surface area contributed by atoms with E-state index < -0.39 is 0 Å². The fraction of sp³-hybridized carbons (Fsp3) is 0.0400. The van der Waals surface area contributed by atoms with Crippen molar-refractivity contribution in [2.24, 2.45) is 0 Å².